The average Bonchev–Trinajstić information content (AvgIpc) is 2.66. The molecular formula is C17H28N4O9. The number of nitrogens with one attached hydrogen (secondary N) is 3. The number of nitrogens with two attached hydrogens (primary N) is 1. The first kappa shape index (κ1) is 26.8. The first-order chi connectivity index (χ1) is 13.9. The van der Waals surface area contributed by atoms with Gasteiger partial charge in [0.25, 0.3) is 0 Å². The summed E-state index contributed by atoms with van der Waals surface area (Å²) in [4.78, 5) is 69.3. The molecule has 0 bridgehead atoms. The number of carbonyl (C=O) groups is 6. The summed E-state index contributed by atoms with van der Waals surface area (Å²) in [6.07, 6.45) is -1.16. The van der Waals surface area contributed by atoms with Crippen molar-refractivity contribution in [3.05, 3.63) is 0 Å². The molecule has 13 heteroatoms. The van der Waals surface area contributed by atoms with Crippen LogP contribution >= 0.6 is 0 Å². The highest BCUT2D eigenvalue weighted by atomic mass is 16.4. The molecule has 170 valence electrons. The van der Waals surface area contributed by atoms with Gasteiger partial charge in [-0.25, -0.2) is 0 Å². The van der Waals surface area contributed by atoms with Gasteiger partial charge in [0.15, 0.2) is 0 Å². The van der Waals surface area contributed by atoms with Crippen LogP contribution in [0.15, 0.2) is 0 Å². The van der Waals surface area contributed by atoms with Gasteiger partial charge in [-0.05, 0) is 12.3 Å². The number of aliphatic carboxylic acids is 3. The van der Waals surface area contributed by atoms with Gasteiger partial charge in [0, 0.05) is 6.42 Å². The molecule has 0 heterocycles. The number of hydrogen-bond donors (Lipinski definition) is 7. The van der Waals surface area contributed by atoms with Gasteiger partial charge in [0.1, 0.15) is 18.6 Å². The van der Waals surface area contributed by atoms with Crippen molar-refractivity contribution in [2.75, 3.05) is 6.54 Å². The van der Waals surface area contributed by atoms with Crippen LogP contribution < -0.4 is 21.7 Å². The van der Waals surface area contributed by atoms with Gasteiger partial charge in [-0.1, -0.05) is 20.3 Å². The summed E-state index contributed by atoms with van der Waals surface area (Å²) in [7, 11) is 0. The maximum Gasteiger partial charge on any atom is 0.322 e. The van der Waals surface area contributed by atoms with Crippen LogP contribution in [-0.4, -0.2) is 75.6 Å². The van der Waals surface area contributed by atoms with Gasteiger partial charge in [-0.2, -0.15) is 0 Å². The minimum Gasteiger partial charge on any atom is -0.481 e. The summed E-state index contributed by atoms with van der Waals surface area (Å²) in [5, 5.41) is 32.8. The molecular weight excluding hydrogens is 404 g/mol. The second-order valence-electron chi connectivity index (χ2n) is 6.68. The average molecular weight is 432 g/mol. The van der Waals surface area contributed by atoms with Gasteiger partial charge < -0.3 is 37.0 Å². The highest BCUT2D eigenvalue weighted by molar-refractivity contribution is 5.95. The van der Waals surface area contributed by atoms with E-state index in [1.54, 1.807) is 13.8 Å². The van der Waals surface area contributed by atoms with E-state index in [2.05, 4.69) is 10.6 Å². The van der Waals surface area contributed by atoms with Crippen molar-refractivity contribution in [2.24, 2.45) is 11.7 Å². The predicted octanol–water partition coefficient (Wildman–Crippen LogP) is -2.13. The van der Waals surface area contributed by atoms with Crippen molar-refractivity contribution in [3.8, 4) is 0 Å². The fourth-order valence-electron chi connectivity index (χ4n) is 2.26. The number of hydrogen-bond acceptors (Lipinski definition) is 7. The van der Waals surface area contributed by atoms with Crippen LogP contribution in [0.5, 0.6) is 0 Å². The lowest BCUT2D eigenvalue weighted by atomic mass is 9.99. The van der Waals surface area contributed by atoms with Gasteiger partial charge >= 0.3 is 17.9 Å². The Balaban J connectivity index is 5.36. The van der Waals surface area contributed by atoms with Crippen molar-refractivity contribution in [3.63, 3.8) is 0 Å². The number of carboxylic acids is 3. The first-order valence-corrected chi connectivity index (χ1v) is 9.18. The summed E-state index contributed by atoms with van der Waals surface area (Å²) in [6, 6.07) is -4.03. The van der Waals surface area contributed by atoms with Crippen molar-refractivity contribution in [1.82, 2.24) is 16.0 Å². The zero-order valence-corrected chi connectivity index (χ0v) is 16.7. The van der Waals surface area contributed by atoms with E-state index in [9.17, 15) is 28.8 Å². The molecule has 0 radical (unpaired) electrons. The monoisotopic (exact) mass is 432 g/mol. The third kappa shape index (κ3) is 10.4. The Kier molecular flexibility index (Phi) is 11.7. The zero-order valence-electron chi connectivity index (χ0n) is 16.7. The third-order valence-corrected chi connectivity index (χ3v) is 4.27. The summed E-state index contributed by atoms with van der Waals surface area (Å²) in [6.45, 7) is 2.73. The largest absolute Gasteiger partial charge is 0.481 e. The molecule has 13 nitrogen and oxygen atoms in total. The van der Waals surface area contributed by atoms with Gasteiger partial charge in [0.05, 0.1) is 12.5 Å². The molecule has 0 aromatic carbocycles. The molecule has 4 unspecified atom stereocenters. The van der Waals surface area contributed by atoms with E-state index in [-0.39, 0.29) is 12.3 Å². The van der Waals surface area contributed by atoms with E-state index in [0.29, 0.717) is 6.42 Å². The third-order valence-electron chi connectivity index (χ3n) is 4.27. The normalized spacial score (nSPS) is 14.5. The highest BCUT2D eigenvalue weighted by Gasteiger charge is 2.31. The van der Waals surface area contributed by atoms with E-state index >= 15 is 0 Å². The Hall–Kier alpha value is -3.22. The van der Waals surface area contributed by atoms with E-state index in [1.807, 2.05) is 5.32 Å². The lowest BCUT2D eigenvalue weighted by Gasteiger charge is -2.24. The number of carbonyl (C=O) groups excluding carboxylic acids is 3. The van der Waals surface area contributed by atoms with Crippen molar-refractivity contribution >= 4 is 35.6 Å². The van der Waals surface area contributed by atoms with Crippen LogP contribution in [0.4, 0.5) is 0 Å². The maximum atomic E-state index is 12.5. The van der Waals surface area contributed by atoms with Crippen LogP contribution in [0.25, 0.3) is 0 Å². The molecule has 0 saturated carbocycles. The highest BCUT2D eigenvalue weighted by Crippen LogP contribution is 2.07. The summed E-state index contributed by atoms with van der Waals surface area (Å²) in [5.74, 6) is -7.07. The fraction of sp³-hybridized carbons (Fsp3) is 0.647. The fourth-order valence-corrected chi connectivity index (χ4v) is 2.26. The zero-order chi connectivity index (χ0) is 23.4. The van der Waals surface area contributed by atoms with Gasteiger partial charge in [-0.3, -0.25) is 28.8 Å². The molecule has 3 amide bonds. The van der Waals surface area contributed by atoms with Crippen molar-refractivity contribution in [2.45, 2.75) is 57.7 Å². The summed E-state index contributed by atoms with van der Waals surface area (Å²) in [5.41, 5.74) is 5.77. The molecule has 0 fully saturated rings. The van der Waals surface area contributed by atoms with Crippen molar-refractivity contribution in [1.29, 1.82) is 0 Å². The minimum absolute atomic E-state index is 0.247. The van der Waals surface area contributed by atoms with E-state index in [1.165, 1.54) is 0 Å². The quantitative estimate of drug-likeness (QED) is 0.158. The molecule has 0 aliphatic heterocycles. The molecule has 0 aliphatic carbocycles. The van der Waals surface area contributed by atoms with Crippen LogP contribution in [-0.2, 0) is 28.8 Å². The topological polar surface area (TPSA) is 225 Å². The molecule has 0 aliphatic rings. The van der Waals surface area contributed by atoms with Gasteiger partial charge in [-0.15, -0.1) is 0 Å². The smallest absolute Gasteiger partial charge is 0.322 e. The second kappa shape index (κ2) is 13.1. The van der Waals surface area contributed by atoms with Crippen molar-refractivity contribution < 1.29 is 44.1 Å². The molecule has 0 rings (SSSR count). The lowest BCUT2D eigenvalue weighted by Crippen LogP contribution is -2.57. The molecule has 4 atom stereocenters. The van der Waals surface area contributed by atoms with Gasteiger partial charge in [0.2, 0.25) is 17.7 Å². The summed E-state index contributed by atoms with van der Waals surface area (Å²) >= 11 is 0. The first-order valence-electron chi connectivity index (χ1n) is 9.18. The maximum absolute atomic E-state index is 12.5. The number of carboxylic acid groups (broad SMARTS) is 3. The van der Waals surface area contributed by atoms with Crippen LogP contribution in [0, 0.1) is 5.92 Å². The van der Waals surface area contributed by atoms with E-state index in [0.717, 1.165) is 0 Å². The lowest BCUT2D eigenvalue weighted by molar-refractivity contribution is -0.142. The molecule has 0 saturated heterocycles. The van der Waals surface area contributed by atoms with E-state index < -0.39 is 73.1 Å². The molecule has 0 aromatic rings. The number of rotatable bonds is 14. The Morgan fingerprint density at radius 2 is 1.40 bits per heavy atom. The molecule has 0 spiro atoms. The van der Waals surface area contributed by atoms with Crippen LogP contribution in [0.3, 0.4) is 0 Å². The Labute approximate surface area is 172 Å². The van der Waals surface area contributed by atoms with E-state index in [4.69, 9.17) is 21.1 Å². The Bertz CT molecular complexity index is 668. The Morgan fingerprint density at radius 1 is 0.833 bits per heavy atom. The SMILES string of the molecule is CCC(C)C(N)C(=O)NC(CC(=O)O)C(=O)NC(CCC(=O)O)C(=O)NCC(=O)O. The Morgan fingerprint density at radius 3 is 1.87 bits per heavy atom. The molecule has 0 aromatic heterocycles. The number of amides is 3. The second-order valence-corrected chi connectivity index (χ2v) is 6.68. The van der Waals surface area contributed by atoms with Crippen LogP contribution in [0.1, 0.15) is 39.5 Å². The molecule has 8 N–H and O–H groups in total. The summed E-state index contributed by atoms with van der Waals surface area (Å²) < 4.78 is 0. The van der Waals surface area contributed by atoms with Crippen LogP contribution in [0.2, 0.25) is 0 Å². The minimum atomic E-state index is -1.58. The standard InChI is InChI=1S/C17H28N4O9/c1-3-8(2)14(18)17(30)21-10(6-12(24)25)16(29)20-9(4-5-11(22)23)15(28)19-7-13(26)27/h8-10,14H,3-7,18H2,1-2H3,(H,19,28)(H,20,29)(H,21,30)(H,22,23)(H,24,25)(H,26,27). The molecule has 30 heavy (non-hydrogen) atoms. The predicted molar refractivity (Wildman–Crippen MR) is 101 cm³/mol.